The van der Waals surface area contributed by atoms with Gasteiger partial charge in [0.05, 0.1) is 11.9 Å². The van der Waals surface area contributed by atoms with Crippen molar-refractivity contribution < 1.29 is 13.2 Å². The first-order chi connectivity index (χ1) is 11.8. The molecule has 5 nitrogen and oxygen atoms in total. The molecule has 0 fully saturated rings. The van der Waals surface area contributed by atoms with Crippen LogP contribution in [-0.4, -0.2) is 27.1 Å². The molecule has 0 atom stereocenters. The molecule has 0 aliphatic carbocycles. The summed E-state index contributed by atoms with van der Waals surface area (Å²) < 4.78 is 25.3. The van der Waals surface area contributed by atoms with E-state index in [1.165, 1.54) is 10.6 Å². The summed E-state index contributed by atoms with van der Waals surface area (Å²) in [4.78, 5) is 12.5. The highest BCUT2D eigenvalue weighted by atomic mass is 32.2. The van der Waals surface area contributed by atoms with E-state index in [1.54, 1.807) is 12.1 Å². The molecule has 1 N–H and O–H groups in total. The van der Waals surface area contributed by atoms with E-state index in [4.69, 9.17) is 0 Å². The predicted molar refractivity (Wildman–Crippen MR) is 101 cm³/mol. The van der Waals surface area contributed by atoms with Gasteiger partial charge in [-0.3, -0.25) is 9.10 Å². The van der Waals surface area contributed by atoms with Gasteiger partial charge in [-0.15, -0.1) is 0 Å². The Hall–Kier alpha value is -2.34. The molecule has 1 heterocycles. The second-order valence-corrected chi connectivity index (χ2v) is 8.44. The van der Waals surface area contributed by atoms with Crippen molar-refractivity contribution in [2.75, 3.05) is 22.4 Å². The number of anilines is 2. The second-order valence-electron chi connectivity index (χ2n) is 6.54. The summed E-state index contributed by atoms with van der Waals surface area (Å²) in [6, 6.07) is 11.0. The molecule has 0 spiro atoms. The summed E-state index contributed by atoms with van der Waals surface area (Å²) in [5, 5.41) is 2.90. The first kappa shape index (κ1) is 17.5. The molecule has 0 saturated carbocycles. The molecule has 0 unspecified atom stereocenters. The Balaban J connectivity index is 1.85. The van der Waals surface area contributed by atoms with Crippen molar-refractivity contribution in [2.45, 2.75) is 26.7 Å². The Morgan fingerprint density at radius 3 is 2.52 bits per heavy atom. The number of nitrogens with zero attached hydrogens (tertiary/aromatic N) is 1. The molecule has 0 aromatic heterocycles. The summed E-state index contributed by atoms with van der Waals surface area (Å²) in [5.41, 5.74) is 5.15. The highest BCUT2D eigenvalue weighted by Crippen LogP contribution is 2.31. The molecular weight excluding hydrogens is 336 g/mol. The van der Waals surface area contributed by atoms with Crippen molar-refractivity contribution in [1.29, 1.82) is 0 Å². The van der Waals surface area contributed by atoms with E-state index in [1.807, 2.05) is 38.1 Å². The monoisotopic (exact) mass is 358 g/mol. The standard InChI is InChI=1S/C19H22N2O3S/c1-13-6-7-16(11-14(13)2)19(22)20-17-8-9-18-15(12-17)5-4-10-21(18)25(3,23)24/h6-9,11-12H,4-5,10H2,1-3H3,(H,20,22). The zero-order chi connectivity index (χ0) is 18.2. The Labute approximate surface area is 148 Å². The van der Waals surface area contributed by atoms with E-state index in [0.717, 1.165) is 29.5 Å². The lowest BCUT2D eigenvalue weighted by molar-refractivity contribution is 0.102. The van der Waals surface area contributed by atoms with Gasteiger partial charge in [-0.25, -0.2) is 8.42 Å². The van der Waals surface area contributed by atoms with Gasteiger partial charge < -0.3 is 5.32 Å². The molecule has 1 aliphatic heterocycles. The Kier molecular flexibility index (Phi) is 4.56. The fourth-order valence-electron chi connectivity index (χ4n) is 3.07. The molecule has 0 radical (unpaired) electrons. The SMILES string of the molecule is Cc1ccc(C(=O)Nc2ccc3c(c2)CCCN3S(C)(=O)=O)cc1C. The Morgan fingerprint density at radius 2 is 1.84 bits per heavy atom. The fourth-order valence-corrected chi connectivity index (χ4v) is 4.07. The van der Waals surface area contributed by atoms with Crippen LogP contribution >= 0.6 is 0 Å². The van der Waals surface area contributed by atoms with Gasteiger partial charge in [0.1, 0.15) is 0 Å². The molecule has 25 heavy (non-hydrogen) atoms. The molecule has 0 saturated heterocycles. The van der Waals surface area contributed by atoms with E-state index in [-0.39, 0.29) is 5.91 Å². The average Bonchev–Trinajstić information content (AvgIpc) is 2.55. The summed E-state index contributed by atoms with van der Waals surface area (Å²) in [6.07, 6.45) is 2.79. The van der Waals surface area contributed by atoms with Crippen LogP contribution in [0.2, 0.25) is 0 Å². The van der Waals surface area contributed by atoms with E-state index in [9.17, 15) is 13.2 Å². The lowest BCUT2D eigenvalue weighted by Gasteiger charge is -2.29. The molecule has 2 aromatic carbocycles. The molecule has 1 aliphatic rings. The number of amides is 1. The lowest BCUT2D eigenvalue weighted by Crippen LogP contribution is -2.34. The van der Waals surface area contributed by atoms with E-state index < -0.39 is 10.0 Å². The highest BCUT2D eigenvalue weighted by molar-refractivity contribution is 7.92. The maximum Gasteiger partial charge on any atom is 0.255 e. The summed E-state index contributed by atoms with van der Waals surface area (Å²) in [6.45, 7) is 4.49. The maximum absolute atomic E-state index is 12.5. The van der Waals surface area contributed by atoms with Crippen LogP contribution in [0.15, 0.2) is 36.4 Å². The lowest BCUT2D eigenvalue weighted by atomic mass is 10.0. The number of hydrogen-bond donors (Lipinski definition) is 1. The third-order valence-electron chi connectivity index (χ3n) is 4.58. The minimum absolute atomic E-state index is 0.168. The summed E-state index contributed by atoms with van der Waals surface area (Å²) >= 11 is 0. The molecule has 0 bridgehead atoms. The largest absolute Gasteiger partial charge is 0.322 e. The van der Waals surface area contributed by atoms with Crippen LogP contribution in [0.1, 0.15) is 33.5 Å². The van der Waals surface area contributed by atoms with Crippen molar-refractivity contribution in [3.8, 4) is 0 Å². The molecule has 2 aromatic rings. The van der Waals surface area contributed by atoms with Crippen LogP contribution in [0.4, 0.5) is 11.4 Å². The van der Waals surface area contributed by atoms with Gasteiger partial charge in [-0.2, -0.15) is 0 Å². The smallest absolute Gasteiger partial charge is 0.255 e. The Bertz CT molecular complexity index is 936. The third kappa shape index (κ3) is 3.69. The number of hydrogen-bond acceptors (Lipinski definition) is 3. The van der Waals surface area contributed by atoms with Gasteiger partial charge in [0.25, 0.3) is 5.91 Å². The van der Waals surface area contributed by atoms with Crippen LogP contribution in [0.25, 0.3) is 0 Å². The van der Waals surface area contributed by atoms with Gasteiger partial charge in [-0.1, -0.05) is 6.07 Å². The van der Waals surface area contributed by atoms with Crippen LogP contribution in [-0.2, 0) is 16.4 Å². The topological polar surface area (TPSA) is 66.5 Å². The van der Waals surface area contributed by atoms with E-state index in [0.29, 0.717) is 23.5 Å². The van der Waals surface area contributed by atoms with Gasteiger partial charge in [0.2, 0.25) is 10.0 Å². The number of rotatable bonds is 3. The zero-order valence-electron chi connectivity index (χ0n) is 14.7. The molecule has 6 heteroatoms. The average molecular weight is 358 g/mol. The fraction of sp³-hybridized carbons (Fsp3) is 0.316. The van der Waals surface area contributed by atoms with Crippen LogP contribution in [0.3, 0.4) is 0 Å². The van der Waals surface area contributed by atoms with Crippen LogP contribution < -0.4 is 9.62 Å². The minimum Gasteiger partial charge on any atom is -0.322 e. The quantitative estimate of drug-likeness (QED) is 0.916. The van der Waals surface area contributed by atoms with Crippen LogP contribution in [0.5, 0.6) is 0 Å². The van der Waals surface area contributed by atoms with Crippen LogP contribution in [0, 0.1) is 13.8 Å². The molecular formula is C19H22N2O3S. The number of sulfonamides is 1. The number of nitrogens with one attached hydrogen (secondary N) is 1. The van der Waals surface area contributed by atoms with Crippen molar-refractivity contribution in [1.82, 2.24) is 0 Å². The van der Waals surface area contributed by atoms with Gasteiger partial charge in [0, 0.05) is 17.8 Å². The van der Waals surface area contributed by atoms with Crippen molar-refractivity contribution in [3.63, 3.8) is 0 Å². The number of aryl methyl sites for hydroxylation is 3. The number of carbonyl (C=O) groups is 1. The van der Waals surface area contributed by atoms with Crippen molar-refractivity contribution >= 4 is 27.3 Å². The van der Waals surface area contributed by atoms with E-state index >= 15 is 0 Å². The molecule has 3 rings (SSSR count). The van der Waals surface area contributed by atoms with E-state index in [2.05, 4.69) is 5.32 Å². The number of benzene rings is 2. The normalized spacial score (nSPS) is 14.1. The van der Waals surface area contributed by atoms with Gasteiger partial charge in [0.15, 0.2) is 0 Å². The van der Waals surface area contributed by atoms with Gasteiger partial charge in [-0.05, 0) is 73.7 Å². The highest BCUT2D eigenvalue weighted by Gasteiger charge is 2.24. The van der Waals surface area contributed by atoms with Crippen molar-refractivity contribution in [3.05, 3.63) is 58.7 Å². The molecule has 132 valence electrons. The molecule has 1 amide bonds. The second kappa shape index (κ2) is 6.52. The Morgan fingerprint density at radius 1 is 1.08 bits per heavy atom. The summed E-state index contributed by atoms with van der Waals surface area (Å²) in [5.74, 6) is -0.168. The number of fused-ring (bicyclic) bond motifs is 1. The summed E-state index contributed by atoms with van der Waals surface area (Å²) in [7, 11) is -3.28. The third-order valence-corrected chi connectivity index (χ3v) is 5.76. The zero-order valence-corrected chi connectivity index (χ0v) is 15.5. The first-order valence-electron chi connectivity index (χ1n) is 8.25. The first-order valence-corrected chi connectivity index (χ1v) is 10.1. The minimum atomic E-state index is -3.28. The predicted octanol–water partition coefficient (Wildman–Crippen LogP) is 3.27. The van der Waals surface area contributed by atoms with Crippen molar-refractivity contribution in [2.24, 2.45) is 0 Å². The maximum atomic E-state index is 12.5. The number of carbonyl (C=O) groups excluding carboxylic acids is 1. The van der Waals surface area contributed by atoms with Gasteiger partial charge >= 0.3 is 0 Å².